The van der Waals surface area contributed by atoms with Crippen LogP contribution < -0.4 is 0 Å². The van der Waals surface area contributed by atoms with Crippen molar-refractivity contribution < 1.29 is 78.9 Å². The molecule has 1 fully saturated rings. The molecule has 366 valence electrons. The lowest BCUT2D eigenvalue weighted by atomic mass is 9.95. The quantitative estimate of drug-likeness (QED) is 0.0650. The van der Waals surface area contributed by atoms with Crippen LogP contribution in [0.4, 0.5) is 52.7 Å². The molecule has 1 heterocycles. The molecule has 1 aliphatic rings. The predicted octanol–water partition coefficient (Wildman–Crippen LogP) is 12.7. The van der Waals surface area contributed by atoms with E-state index in [1.54, 1.807) is 42.5 Å². The average Bonchev–Trinajstić information content (AvgIpc) is 3.66. The van der Waals surface area contributed by atoms with E-state index in [0.717, 1.165) is 6.08 Å². The van der Waals surface area contributed by atoms with Crippen LogP contribution in [0.2, 0.25) is 0 Å². The Morgan fingerprint density at radius 2 is 0.814 bits per heavy atom. The highest BCUT2D eigenvalue weighted by atomic mass is 32.2. The monoisotopic (exact) mass is 1020 g/mol. The second kappa shape index (κ2) is 19.7. The maximum absolute atomic E-state index is 15.4. The first-order valence-electron chi connectivity index (χ1n) is 20.3. The number of nitrogens with zero attached hydrogens (tertiary/aromatic N) is 2. The topological polar surface area (TPSA) is 93.2 Å². The third-order valence-corrected chi connectivity index (χ3v) is 14.2. The Labute approximate surface area is 393 Å². The lowest BCUT2D eigenvalue weighted by Crippen LogP contribution is -2.51. The normalized spacial score (nSPS) is 17.0. The summed E-state index contributed by atoms with van der Waals surface area (Å²) in [6.07, 6.45) is -18.5. The molecule has 6 aromatic carbocycles. The lowest BCUT2D eigenvalue weighted by molar-refractivity contribution is -0.145. The van der Waals surface area contributed by atoms with Gasteiger partial charge in [0.2, 0.25) is 20.0 Å². The van der Waals surface area contributed by atoms with E-state index in [1.807, 2.05) is 0 Å². The summed E-state index contributed by atoms with van der Waals surface area (Å²) in [6, 6.07) is 23.2. The van der Waals surface area contributed by atoms with Gasteiger partial charge in [-0.3, -0.25) is 0 Å². The van der Waals surface area contributed by atoms with E-state index in [1.165, 1.54) is 91.0 Å². The number of hydrogen-bond acceptors (Lipinski definition) is 6. The molecule has 1 aliphatic heterocycles. The average molecular weight is 1020 g/mol. The van der Waals surface area contributed by atoms with E-state index < -0.39 is 109 Å². The van der Waals surface area contributed by atoms with Gasteiger partial charge < -0.3 is 9.39 Å². The van der Waals surface area contributed by atoms with Crippen LogP contribution >= 0.6 is 0 Å². The van der Waals surface area contributed by atoms with Gasteiger partial charge in [0.15, 0.2) is 0 Å². The van der Waals surface area contributed by atoms with Gasteiger partial charge in [-0.15, -0.1) is 0 Å². The number of ether oxygens (including phenoxy) is 1. The van der Waals surface area contributed by atoms with E-state index in [2.05, 4.69) is 0 Å². The first-order chi connectivity index (χ1) is 32.8. The van der Waals surface area contributed by atoms with Crippen molar-refractivity contribution in [1.29, 1.82) is 0 Å². The molecule has 0 saturated carbocycles. The van der Waals surface area contributed by atoms with Crippen molar-refractivity contribution in [2.45, 2.75) is 46.6 Å². The Morgan fingerprint density at radius 1 is 0.486 bits per heavy atom. The smallest absolute Gasteiger partial charge is 0.505 e. The molecule has 2 atom stereocenters. The molecule has 7 rings (SSSR count). The SMILES string of the molecule is O=S(=O)(c1cc(C(F)(F)F)cc(C(F)(F)F)c1)N1B(O/C(=C\c2ccccc2)OC/C=C/c2ccccc2)N(S(=O)(=O)c2cc(C(F)(F)F)cc(C(F)(F)F)c2)[C@@H](c2ccccc2)[C@@H]1c1ccccc1. The number of sulfonamides is 2. The van der Waals surface area contributed by atoms with Crippen molar-refractivity contribution in [2.24, 2.45) is 0 Å². The Bertz CT molecular complexity index is 2870. The molecule has 8 nitrogen and oxygen atoms in total. The van der Waals surface area contributed by atoms with Gasteiger partial charge in [-0.05, 0) is 64.7 Å². The van der Waals surface area contributed by atoms with Gasteiger partial charge in [0.05, 0.1) is 44.1 Å². The Kier molecular flexibility index (Phi) is 14.4. The summed E-state index contributed by atoms with van der Waals surface area (Å²) in [5.41, 5.74) is -8.06. The van der Waals surface area contributed by atoms with Gasteiger partial charge in [-0.25, -0.2) is 16.8 Å². The van der Waals surface area contributed by atoms with Crippen LogP contribution in [0.1, 0.15) is 56.6 Å². The highest BCUT2D eigenvalue weighted by Crippen LogP contribution is 2.52. The van der Waals surface area contributed by atoms with Gasteiger partial charge in [0.1, 0.15) is 6.61 Å². The number of hydrogen-bond donors (Lipinski definition) is 0. The zero-order chi connectivity index (χ0) is 50.9. The van der Waals surface area contributed by atoms with Gasteiger partial charge in [-0.1, -0.05) is 127 Å². The summed E-state index contributed by atoms with van der Waals surface area (Å²) in [6.45, 7) is -0.477. The summed E-state index contributed by atoms with van der Waals surface area (Å²) in [5.74, 6) is -0.796. The summed E-state index contributed by atoms with van der Waals surface area (Å²) in [7, 11) is -15.1. The van der Waals surface area contributed by atoms with Gasteiger partial charge in [-0.2, -0.15) is 61.1 Å². The van der Waals surface area contributed by atoms with Crippen molar-refractivity contribution >= 4 is 39.4 Å². The van der Waals surface area contributed by atoms with Crippen LogP contribution in [0.15, 0.2) is 180 Å². The van der Waals surface area contributed by atoms with E-state index >= 15 is 16.8 Å². The second-order valence-corrected chi connectivity index (χ2v) is 19.0. The van der Waals surface area contributed by atoms with E-state index in [0.29, 0.717) is 5.56 Å². The molecule has 0 aromatic heterocycles. The first kappa shape index (κ1) is 51.3. The van der Waals surface area contributed by atoms with Crippen LogP contribution in [0.5, 0.6) is 0 Å². The molecular formula is C47H33BF12N2O6S2. The van der Waals surface area contributed by atoms with Gasteiger partial charge in [0.25, 0.3) is 5.95 Å². The summed E-state index contributed by atoms with van der Waals surface area (Å²) in [4.78, 5) is -3.43. The van der Waals surface area contributed by atoms with Crippen LogP contribution in [0, 0.1) is 0 Å². The Morgan fingerprint density at radius 3 is 1.16 bits per heavy atom. The molecule has 6 aromatic rings. The standard InChI is InChI=1S/C47H33BF12N2O6S2/c49-44(50,51)35-25-36(45(52,53)54)28-39(27-35)69(63,64)61-42(33-19-9-3-10-20-33)43(34-21-11-4-12-22-34)62(70(65,66)40-29-37(46(55,56)57)26-38(30-40)47(58,59)60)48(61)68-41(24-32-16-7-2-8-17-32)67-23-13-18-31-14-5-1-6-15-31/h1-22,24-30,42-43H,23H2/b18-13+,41-24-/t42-,43-/m0/s1. The first-order valence-corrected chi connectivity index (χ1v) is 23.2. The van der Waals surface area contributed by atoms with E-state index in [4.69, 9.17) is 9.39 Å². The molecule has 0 amide bonds. The van der Waals surface area contributed by atoms with Crippen molar-refractivity contribution in [3.8, 4) is 0 Å². The minimum atomic E-state index is -6.06. The second-order valence-electron chi connectivity index (χ2n) is 15.3. The summed E-state index contributed by atoms with van der Waals surface area (Å²) < 4.78 is 247. The zero-order valence-electron chi connectivity index (χ0n) is 35.4. The number of rotatable bonds is 13. The molecule has 0 N–H and O–H groups in total. The minimum Gasteiger partial charge on any atom is -0.505 e. The maximum atomic E-state index is 15.4. The Hall–Kier alpha value is -6.56. The maximum Gasteiger partial charge on any atom is 0.580 e. The predicted molar refractivity (Wildman–Crippen MR) is 232 cm³/mol. The van der Waals surface area contributed by atoms with Crippen LogP contribution in [-0.4, -0.2) is 39.1 Å². The van der Waals surface area contributed by atoms with Crippen molar-refractivity contribution in [2.75, 3.05) is 6.61 Å². The molecule has 0 aliphatic carbocycles. The third kappa shape index (κ3) is 11.4. The fraction of sp³-hybridized carbons (Fsp3) is 0.149. The highest BCUT2D eigenvalue weighted by Gasteiger charge is 2.64. The third-order valence-electron chi connectivity index (χ3n) is 10.6. The Balaban J connectivity index is 1.57. The van der Waals surface area contributed by atoms with Crippen molar-refractivity contribution in [3.63, 3.8) is 0 Å². The minimum absolute atomic E-state index is 0.0907. The highest BCUT2D eigenvalue weighted by molar-refractivity contribution is 7.92. The van der Waals surface area contributed by atoms with Crippen molar-refractivity contribution in [3.05, 3.63) is 214 Å². The fourth-order valence-electron chi connectivity index (χ4n) is 7.44. The molecular weight excluding hydrogens is 991 g/mol. The van der Waals surface area contributed by atoms with Gasteiger partial charge in [0, 0.05) is 6.08 Å². The van der Waals surface area contributed by atoms with Gasteiger partial charge >= 0.3 is 31.9 Å². The van der Waals surface area contributed by atoms with Crippen LogP contribution in [-0.2, 0) is 54.1 Å². The number of benzene rings is 6. The van der Waals surface area contributed by atoms with E-state index in [9.17, 15) is 52.7 Å². The largest absolute Gasteiger partial charge is 0.580 e. The molecule has 0 radical (unpaired) electrons. The number of halogens is 12. The summed E-state index contributed by atoms with van der Waals surface area (Å²) >= 11 is 0. The molecule has 70 heavy (non-hydrogen) atoms. The fourth-order valence-corrected chi connectivity index (χ4v) is 10.9. The van der Waals surface area contributed by atoms with Crippen molar-refractivity contribution in [1.82, 2.24) is 8.43 Å². The van der Waals surface area contributed by atoms with E-state index in [-0.39, 0.29) is 61.5 Å². The molecule has 0 bridgehead atoms. The molecule has 0 spiro atoms. The molecule has 0 unspecified atom stereocenters. The zero-order valence-corrected chi connectivity index (χ0v) is 37.0. The van der Waals surface area contributed by atoms with Crippen LogP contribution in [0.25, 0.3) is 12.2 Å². The number of alkyl halides is 12. The van der Waals surface area contributed by atoms with Crippen LogP contribution in [0.3, 0.4) is 0 Å². The summed E-state index contributed by atoms with van der Waals surface area (Å²) in [5, 5.41) is 0. The molecule has 23 heteroatoms. The lowest BCUT2D eigenvalue weighted by Gasteiger charge is -2.29. The molecule has 1 saturated heterocycles.